The van der Waals surface area contributed by atoms with Crippen molar-refractivity contribution in [1.82, 2.24) is 25.1 Å². The van der Waals surface area contributed by atoms with E-state index in [1.54, 1.807) is 18.9 Å². The number of nitrogens with zero attached hydrogens (tertiary/aromatic N) is 5. The van der Waals surface area contributed by atoms with Crippen LogP contribution >= 0.6 is 11.3 Å². The second kappa shape index (κ2) is 6.82. The lowest BCUT2D eigenvalue weighted by Crippen LogP contribution is -2.34. The summed E-state index contributed by atoms with van der Waals surface area (Å²) < 4.78 is 5.02. The fourth-order valence-corrected chi connectivity index (χ4v) is 4.23. The summed E-state index contributed by atoms with van der Waals surface area (Å²) in [7, 11) is 1.56. The maximum Gasteiger partial charge on any atom is 0.256 e. The summed E-state index contributed by atoms with van der Waals surface area (Å²) in [4.78, 5) is 47.4. The number of nitrogens with one attached hydrogen (secondary N) is 1. The molecule has 0 radical (unpaired) electrons. The Kier molecular flexibility index (Phi) is 4.48. The maximum absolute atomic E-state index is 12.9. The van der Waals surface area contributed by atoms with E-state index in [0.717, 1.165) is 0 Å². The molecule has 0 bridgehead atoms. The molecule has 10 nitrogen and oxygen atoms in total. The molecule has 4 heterocycles. The number of ether oxygens (including phenoxy) is 1. The minimum absolute atomic E-state index is 0.119. The average molecular weight is 390 g/mol. The summed E-state index contributed by atoms with van der Waals surface area (Å²) in [6, 6.07) is 0. The number of carbonyl (C=O) groups is 2. The Bertz CT molecular complexity index is 970. The number of methoxy groups -OCH3 is 1. The molecule has 0 saturated carbocycles. The molecule has 27 heavy (non-hydrogen) atoms. The lowest BCUT2D eigenvalue weighted by Gasteiger charge is -2.19. The van der Waals surface area contributed by atoms with E-state index in [-0.39, 0.29) is 36.9 Å². The van der Waals surface area contributed by atoms with Crippen molar-refractivity contribution < 1.29 is 14.3 Å². The van der Waals surface area contributed by atoms with Crippen molar-refractivity contribution in [3.8, 4) is 0 Å². The van der Waals surface area contributed by atoms with Gasteiger partial charge in [-0.05, 0) is 6.92 Å². The highest BCUT2D eigenvalue weighted by atomic mass is 32.1. The predicted molar refractivity (Wildman–Crippen MR) is 94.9 cm³/mol. The number of hydrogen-bond acceptors (Lipinski definition) is 8. The molecule has 2 amide bonds. The number of amides is 2. The Labute approximate surface area is 158 Å². The lowest BCUT2D eigenvalue weighted by atomic mass is 10.1. The number of carbonyl (C=O) groups excluding carboxylic acids is 2. The molecule has 0 aromatic carbocycles. The van der Waals surface area contributed by atoms with E-state index in [2.05, 4.69) is 20.2 Å². The highest BCUT2D eigenvalue weighted by Gasteiger charge is 2.40. The van der Waals surface area contributed by atoms with Crippen molar-refractivity contribution in [3.05, 3.63) is 32.4 Å². The van der Waals surface area contributed by atoms with Gasteiger partial charge in [0.15, 0.2) is 0 Å². The van der Waals surface area contributed by atoms with Crippen molar-refractivity contribution in [1.29, 1.82) is 0 Å². The highest BCUT2D eigenvalue weighted by molar-refractivity contribution is 7.15. The first-order valence-corrected chi connectivity index (χ1v) is 9.27. The molecular formula is C16H18N6O4S. The van der Waals surface area contributed by atoms with E-state index in [1.807, 2.05) is 0 Å². The molecule has 1 N–H and O–H groups in total. The number of aromatic amines is 1. The normalized spacial score (nSPS) is 19.0. The first-order chi connectivity index (χ1) is 13.0. The number of H-pyrrole nitrogens is 1. The van der Waals surface area contributed by atoms with E-state index in [4.69, 9.17) is 4.74 Å². The number of aryl methyl sites for hydroxylation is 1. The molecular weight excluding hydrogens is 372 g/mol. The third-order valence-corrected chi connectivity index (χ3v) is 5.57. The van der Waals surface area contributed by atoms with Crippen molar-refractivity contribution in [2.75, 3.05) is 18.6 Å². The van der Waals surface area contributed by atoms with Crippen LogP contribution in [0.2, 0.25) is 0 Å². The summed E-state index contributed by atoms with van der Waals surface area (Å²) in [6.07, 6.45) is 0.119. The second-order valence-electron chi connectivity index (χ2n) is 6.59. The SMILES string of the molecule is COCc1nnc(N2CC(C(=O)N3Cc4nc(C)[nH]c(=O)c4C3)CC2=O)s1. The molecule has 2 aromatic rings. The summed E-state index contributed by atoms with van der Waals surface area (Å²) in [6.45, 7) is 2.81. The zero-order chi connectivity index (χ0) is 19.1. The molecule has 0 spiro atoms. The second-order valence-corrected chi connectivity index (χ2v) is 7.63. The van der Waals surface area contributed by atoms with Crippen LogP contribution in [0, 0.1) is 12.8 Å². The largest absolute Gasteiger partial charge is 0.377 e. The van der Waals surface area contributed by atoms with E-state index >= 15 is 0 Å². The zero-order valence-corrected chi connectivity index (χ0v) is 15.7. The number of aromatic nitrogens is 4. The molecule has 2 aliphatic rings. The van der Waals surface area contributed by atoms with E-state index < -0.39 is 5.92 Å². The van der Waals surface area contributed by atoms with Gasteiger partial charge in [0.05, 0.1) is 30.3 Å². The molecule has 4 rings (SSSR count). The molecule has 1 fully saturated rings. The molecule has 142 valence electrons. The molecule has 1 saturated heterocycles. The van der Waals surface area contributed by atoms with Crippen molar-refractivity contribution in [2.45, 2.75) is 33.0 Å². The minimum Gasteiger partial charge on any atom is -0.377 e. The van der Waals surface area contributed by atoms with Crippen molar-refractivity contribution >= 4 is 28.3 Å². The molecule has 0 aliphatic carbocycles. The zero-order valence-electron chi connectivity index (χ0n) is 14.9. The Hall–Kier alpha value is -2.66. The van der Waals surface area contributed by atoms with Crippen LogP contribution in [0.1, 0.15) is 28.5 Å². The van der Waals surface area contributed by atoms with E-state index in [9.17, 15) is 14.4 Å². The summed E-state index contributed by atoms with van der Waals surface area (Å²) in [5.41, 5.74) is 0.930. The van der Waals surface area contributed by atoms with Gasteiger partial charge in [-0.3, -0.25) is 19.3 Å². The van der Waals surface area contributed by atoms with Gasteiger partial charge in [-0.1, -0.05) is 11.3 Å². The topological polar surface area (TPSA) is 121 Å². The van der Waals surface area contributed by atoms with Crippen LogP contribution in [0.5, 0.6) is 0 Å². The van der Waals surface area contributed by atoms with Crippen LogP contribution < -0.4 is 10.5 Å². The third-order valence-electron chi connectivity index (χ3n) is 4.65. The number of fused-ring (bicyclic) bond motifs is 1. The third kappa shape index (κ3) is 3.23. The van der Waals surface area contributed by atoms with E-state index in [1.165, 1.54) is 16.2 Å². The summed E-state index contributed by atoms with van der Waals surface area (Å²) in [5.74, 6) is -0.250. The van der Waals surface area contributed by atoms with Gasteiger partial charge in [0.25, 0.3) is 5.56 Å². The first kappa shape index (κ1) is 17.7. The molecule has 2 aromatic heterocycles. The van der Waals surface area contributed by atoms with Gasteiger partial charge in [-0.2, -0.15) is 0 Å². The molecule has 2 aliphatic heterocycles. The quantitative estimate of drug-likeness (QED) is 0.778. The van der Waals surface area contributed by atoms with Crippen LogP contribution in [0.4, 0.5) is 5.13 Å². The Morgan fingerprint density at radius 3 is 2.93 bits per heavy atom. The fraction of sp³-hybridized carbons (Fsp3) is 0.500. The average Bonchev–Trinajstić information content (AvgIpc) is 3.32. The maximum atomic E-state index is 12.9. The Morgan fingerprint density at radius 2 is 2.15 bits per heavy atom. The number of hydrogen-bond donors (Lipinski definition) is 1. The van der Waals surface area contributed by atoms with Crippen LogP contribution in [0.3, 0.4) is 0 Å². The number of anilines is 1. The predicted octanol–water partition coefficient (Wildman–Crippen LogP) is -0.0285. The fourth-order valence-electron chi connectivity index (χ4n) is 3.40. The van der Waals surface area contributed by atoms with Crippen LogP contribution in [0.25, 0.3) is 0 Å². The lowest BCUT2D eigenvalue weighted by molar-refractivity contribution is -0.136. The summed E-state index contributed by atoms with van der Waals surface area (Å²) >= 11 is 1.28. The van der Waals surface area contributed by atoms with Gasteiger partial charge in [0, 0.05) is 20.1 Å². The first-order valence-electron chi connectivity index (χ1n) is 8.45. The smallest absolute Gasteiger partial charge is 0.256 e. The Balaban J connectivity index is 1.47. The van der Waals surface area contributed by atoms with E-state index in [0.29, 0.717) is 40.4 Å². The molecule has 11 heteroatoms. The Morgan fingerprint density at radius 1 is 1.33 bits per heavy atom. The molecule has 1 atom stereocenters. The summed E-state index contributed by atoms with van der Waals surface area (Å²) in [5, 5.41) is 9.16. The van der Waals surface area contributed by atoms with Crippen molar-refractivity contribution in [2.24, 2.45) is 5.92 Å². The van der Waals surface area contributed by atoms with Crippen molar-refractivity contribution in [3.63, 3.8) is 0 Å². The highest BCUT2D eigenvalue weighted by Crippen LogP contribution is 2.30. The van der Waals surface area contributed by atoms with Gasteiger partial charge >= 0.3 is 0 Å². The standard InChI is InChI=1S/C16H18N6O4S/c1-8-17-11-6-21(5-10(11)14(24)18-8)15(25)9-3-13(23)22(4-9)16-20-19-12(27-16)7-26-2/h9H,3-7H2,1-2H3,(H,17,18,24). The van der Waals surface area contributed by atoms with Gasteiger partial charge < -0.3 is 14.6 Å². The monoisotopic (exact) mass is 390 g/mol. The van der Waals surface area contributed by atoms with Crippen LogP contribution in [-0.4, -0.2) is 50.5 Å². The van der Waals surface area contributed by atoms with Crippen LogP contribution in [-0.2, 0) is 34.0 Å². The molecule has 1 unspecified atom stereocenters. The van der Waals surface area contributed by atoms with Gasteiger partial charge in [-0.15, -0.1) is 10.2 Å². The van der Waals surface area contributed by atoms with Crippen LogP contribution in [0.15, 0.2) is 4.79 Å². The van der Waals surface area contributed by atoms with Gasteiger partial charge in [-0.25, -0.2) is 4.98 Å². The van der Waals surface area contributed by atoms with Gasteiger partial charge in [0.2, 0.25) is 16.9 Å². The minimum atomic E-state index is -0.471. The number of rotatable bonds is 4. The van der Waals surface area contributed by atoms with Gasteiger partial charge in [0.1, 0.15) is 17.4 Å².